The molecular formula is C24H29N5O. The topological polar surface area (TPSA) is 63.1 Å². The highest BCUT2D eigenvalue weighted by atomic mass is 16.2. The van der Waals surface area contributed by atoms with Crippen molar-refractivity contribution in [2.45, 2.75) is 45.7 Å². The number of nitrogens with zero attached hydrogens (tertiary/aromatic N) is 4. The molecule has 30 heavy (non-hydrogen) atoms. The molecule has 1 amide bonds. The highest BCUT2D eigenvalue weighted by Crippen LogP contribution is 2.31. The van der Waals surface area contributed by atoms with E-state index >= 15 is 0 Å². The van der Waals surface area contributed by atoms with Gasteiger partial charge in [0.2, 0.25) is 5.91 Å². The lowest BCUT2D eigenvalue weighted by Crippen LogP contribution is -2.38. The molecule has 2 aromatic heterocycles. The van der Waals surface area contributed by atoms with E-state index in [9.17, 15) is 4.79 Å². The summed E-state index contributed by atoms with van der Waals surface area (Å²) in [6.45, 7) is 5.32. The molecule has 0 spiro atoms. The summed E-state index contributed by atoms with van der Waals surface area (Å²) in [5, 5.41) is 7.89. The van der Waals surface area contributed by atoms with Crippen LogP contribution in [0.4, 0.5) is 0 Å². The number of benzene rings is 1. The maximum atomic E-state index is 12.7. The Morgan fingerprint density at radius 3 is 2.77 bits per heavy atom. The van der Waals surface area contributed by atoms with Gasteiger partial charge in [-0.05, 0) is 81.1 Å². The third kappa shape index (κ3) is 4.44. The van der Waals surface area contributed by atoms with Crippen LogP contribution < -0.4 is 5.32 Å². The van der Waals surface area contributed by atoms with E-state index in [1.165, 1.54) is 16.8 Å². The summed E-state index contributed by atoms with van der Waals surface area (Å²) in [6, 6.07) is 10.4. The molecule has 0 bridgehead atoms. The van der Waals surface area contributed by atoms with Gasteiger partial charge < -0.3 is 5.32 Å². The van der Waals surface area contributed by atoms with Gasteiger partial charge in [0, 0.05) is 30.2 Å². The highest BCUT2D eigenvalue weighted by molar-refractivity contribution is 5.78. The fourth-order valence-corrected chi connectivity index (χ4v) is 4.13. The minimum Gasteiger partial charge on any atom is -0.348 e. The Labute approximate surface area is 177 Å². The minimum absolute atomic E-state index is 0.0240. The molecule has 6 nitrogen and oxygen atoms in total. The van der Waals surface area contributed by atoms with Crippen LogP contribution in [0.25, 0.3) is 5.69 Å². The Balaban J connectivity index is 1.44. The molecule has 1 aliphatic carbocycles. The molecule has 4 rings (SSSR count). The third-order valence-corrected chi connectivity index (χ3v) is 5.87. The first-order valence-corrected chi connectivity index (χ1v) is 10.5. The molecule has 2 heterocycles. The SMILES string of the molecule is Cc1ccc(-n2ncc3c2CCC[C@@H]3NC(=O)CN(C)Cc2ccncc2)cc1C. The summed E-state index contributed by atoms with van der Waals surface area (Å²) in [6.07, 6.45) is 8.46. The van der Waals surface area contributed by atoms with Gasteiger partial charge in [-0.15, -0.1) is 0 Å². The van der Waals surface area contributed by atoms with Crippen LogP contribution in [0.2, 0.25) is 0 Å². The first-order valence-electron chi connectivity index (χ1n) is 10.5. The molecule has 0 saturated carbocycles. The molecule has 0 unspecified atom stereocenters. The molecule has 0 saturated heterocycles. The van der Waals surface area contributed by atoms with Crippen LogP contribution in [0, 0.1) is 13.8 Å². The number of carbonyl (C=O) groups is 1. The van der Waals surface area contributed by atoms with E-state index in [0.717, 1.165) is 42.6 Å². The average molecular weight is 404 g/mol. The van der Waals surface area contributed by atoms with Crippen molar-refractivity contribution in [3.8, 4) is 5.69 Å². The van der Waals surface area contributed by atoms with Crippen molar-refractivity contribution < 1.29 is 4.79 Å². The summed E-state index contributed by atoms with van der Waals surface area (Å²) < 4.78 is 2.04. The number of likely N-dealkylation sites (N-methyl/N-ethyl adjacent to an activating group) is 1. The van der Waals surface area contributed by atoms with E-state index in [-0.39, 0.29) is 11.9 Å². The quantitative estimate of drug-likeness (QED) is 0.684. The van der Waals surface area contributed by atoms with Gasteiger partial charge >= 0.3 is 0 Å². The Kier molecular flexibility index (Phi) is 5.95. The van der Waals surface area contributed by atoms with Crippen molar-refractivity contribution in [2.75, 3.05) is 13.6 Å². The predicted molar refractivity (Wildman–Crippen MR) is 117 cm³/mol. The van der Waals surface area contributed by atoms with Gasteiger partial charge in [-0.1, -0.05) is 6.07 Å². The molecule has 3 aromatic rings. The zero-order valence-electron chi connectivity index (χ0n) is 17.9. The minimum atomic E-state index is 0.0240. The largest absolute Gasteiger partial charge is 0.348 e. The molecule has 0 aliphatic heterocycles. The Hall–Kier alpha value is -2.99. The average Bonchev–Trinajstić information content (AvgIpc) is 3.16. The second kappa shape index (κ2) is 8.79. The highest BCUT2D eigenvalue weighted by Gasteiger charge is 2.26. The molecular weight excluding hydrogens is 374 g/mol. The predicted octanol–water partition coefficient (Wildman–Crippen LogP) is 3.51. The van der Waals surface area contributed by atoms with Crippen LogP contribution in [0.15, 0.2) is 48.9 Å². The normalized spacial score (nSPS) is 15.8. The van der Waals surface area contributed by atoms with Gasteiger partial charge in [-0.2, -0.15) is 5.10 Å². The molecule has 1 atom stereocenters. The summed E-state index contributed by atoms with van der Waals surface area (Å²) in [5.74, 6) is 0.0448. The Morgan fingerprint density at radius 1 is 1.20 bits per heavy atom. The summed E-state index contributed by atoms with van der Waals surface area (Å²) >= 11 is 0. The molecule has 0 radical (unpaired) electrons. The van der Waals surface area contributed by atoms with Crippen LogP contribution >= 0.6 is 0 Å². The van der Waals surface area contributed by atoms with E-state index in [0.29, 0.717) is 6.54 Å². The van der Waals surface area contributed by atoms with Crippen molar-refractivity contribution in [3.05, 3.63) is 76.9 Å². The van der Waals surface area contributed by atoms with Crippen molar-refractivity contribution in [2.24, 2.45) is 0 Å². The molecule has 0 fully saturated rings. The van der Waals surface area contributed by atoms with Crippen LogP contribution in [0.3, 0.4) is 0 Å². The number of hydrogen-bond acceptors (Lipinski definition) is 4. The van der Waals surface area contributed by atoms with E-state index < -0.39 is 0 Å². The van der Waals surface area contributed by atoms with Crippen molar-refractivity contribution in [3.63, 3.8) is 0 Å². The number of pyridine rings is 1. The molecule has 6 heteroatoms. The molecule has 156 valence electrons. The smallest absolute Gasteiger partial charge is 0.234 e. The molecule has 1 N–H and O–H groups in total. The third-order valence-electron chi connectivity index (χ3n) is 5.87. The Morgan fingerprint density at radius 2 is 2.00 bits per heavy atom. The number of nitrogens with one attached hydrogen (secondary N) is 1. The monoisotopic (exact) mass is 403 g/mol. The maximum absolute atomic E-state index is 12.7. The van der Waals surface area contributed by atoms with Gasteiger partial charge in [-0.3, -0.25) is 14.7 Å². The van der Waals surface area contributed by atoms with Gasteiger partial charge in [0.15, 0.2) is 0 Å². The fourth-order valence-electron chi connectivity index (χ4n) is 4.13. The molecule has 1 aromatic carbocycles. The van der Waals surface area contributed by atoms with E-state index in [2.05, 4.69) is 47.4 Å². The van der Waals surface area contributed by atoms with Crippen LogP contribution in [-0.4, -0.2) is 39.2 Å². The number of fused-ring (bicyclic) bond motifs is 1. The van der Waals surface area contributed by atoms with Crippen molar-refractivity contribution >= 4 is 5.91 Å². The van der Waals surface area contributed by atoms with E-state index in [1.54, 1.807) is 12.4 Å². The van der Waals surface area contributed by atoms with Crippen LogP contribution in [-0.2, 0) is 17.8 Å². The lowest BCUT2D eigenvalue weighted by Gasteiger charge is -2.25. The van der Waals surface area contributed by atoms with Gasteiger partial charge in [-0.25, -0.2) is 4.68 Å². The number of aromatic nitrogens is 3. The number of amides is 1. The second-order valence-corrected chi connectivity index (χ2v) is 8.27. The van der Waals surface area contributed by atoms with E-state index in [1.807, 2.05) is 35.0 Å². The second-order valence-electron chi connectivity index (χ2n) is 8.27. The lowest BCUT2D eigenvalue weighted by molar-refractivity contribution is -0.122. The lowest BCUT2D eigenvalue weighted by atomic mass is 9.92. The first kappa shape index (κ1) is 20.3. The van der Waals surface area contributed by atoms with Crippen molar-refractivity contribution in [1.82, 2.24) is 25.0 Å². The molecule has 1 aliphatic rings. The van der Waals surface area contributed by atoms with Gasteiger partial charge in [0.05, 0.1) is 24.5 Å². The number of aryl methyl sites for hydroxylation is 2. The summed E-state index contributed by atoms with van der Waals surface area (Å²) in [7, 11) is 1.96. The van der Waals surface area contributed by atoms with E-state index in [4.69, 9.17) is 0 Å². The number of hydrogen-bond donors (Lipinski definition) is 1. The van der Waals surface area contributed by atoms with Crippen LogP contribution in [0.1, 0.15) is 46.8 Å². The fraction of sp³-hybridized carbons (Fsp3) is 0.375. The first-order chi connectivity index (χ1) is 14.5. The standard InChI is InChI=1S/C24H29N5O/c1-17-7-8-20(13-18(17)2)29-23-6-4-5-22(21(23)14-26-29)27-24(30)16-28(3)15-19-9-11-25-12-10-19/h7-14,22H,4-6,15-16H2,1-3H3,(H,27,30)/t22-/m0/s1. The van der Waals surface area contributed by atoms with Crippen molar-refractivity contribution in [1.29, 1.82) is 0 Å². The zero-order chi connectivity index (χ0) is 21.1. The number of rotatable bonds is 6. The van der Waals surface area contributed by atoms with Gasteiger partial charge in [0.25, 0.3) is 0 Å². The summed E-state index contributed by atoms with van der Waals surface area (Å²) in [4.78, 5) is 18.7. The van der Waals surface area contributed by atoms with Gasteiger partial charge in [0.1, 0.15) is 0 Å². The van der Waals surface area contributed by atoms with Crippen LogP contribution in [0.5, 0.6) is 0 Å². The maximum Gasteiger partial charge on any atom is 0.234 e. The Bertz CT molecular complexity index is 1030. The number of carbonyl (C=O) groups excluding carboxylic acids is 1. The zero-order valence-corrected chi connectivity index (χ0v) is 17.9. The summed E-state index contributed by atoms with van der Waals surface area (Å²) in [5.41, 5.74) is 7.12.